The number of benzene rings is 1. The average molecular weight is 317 g/mol. The molecule has 0 fully saturated rings. The van der Waals surface area contributed by atoms with Crippen LogP contribution in [0.5, 0.6) is 5.75 Å². The van der Waals surface area contributed by atoms with Crippen molar-refractivity contribution >= 4 is 33.7 Å². The van der Waals surface area contributed by atoms with Gasteiger partial charge in [0, 0.05) is 4.75 Å². The minimum atomic E-state index is -0.213. The van der Waals surface area contributed by atoms with Gasteiger partial charge in [0.2, 0.25) is 0 Å². The van der Waals surface area contributed by atoms with Crippen LogP contribution < -0.4 is 4.74 Å². The summed E-state index contributed by atoms with van der Waals surface area (Å²) in [6.45, 7) is 8.22. The van der Waals surface area contributed by atoms with Gasteiger partial charge in [-0.3, -0.25) is 4.79 Å². The summed E-state index contributed by atoms with van der Waals surface area (Å²) in [6.07, 6.45) is 0. The average Bonchev–Trinajstić information content (AvgIpc) is 2.18. The van der Waals surface area contributed by atoms with Gasteiger partial charge in [0.25, 0.3) is 0 Å². The Bertz CT molecular complexity index is 410. The predicted molar refractivity (Wildman–Crippen MR) is 76.7 cm³/mol. The van der Waals surface area contributed by atoms with Crippen molar-refractivity contribution in [1.82, 2.24) is 0 Å². The number of ether oxygens (including phenoxy) is 1. The molecule has 17 heavy (non-hydrogen) atoms. The predicted octanol–water partition coefficient (Wildman–Crippen LogP) is 4.19. The number of carbonyl (C=O) groups is 1. The molecule has 0 heterocycles. The Labute approximate surface area is 115 Å². The van der Waals surface area contributed by atoms with Crippen LogP contribution in [0.15, 0.2) is 22.7 Å². The molecule has 0 bridgehead atoms. The molecule has 0 saturated heterocycles. The smallest absolute Gasteiger partial charge is 0.321 e. The SMILES string of the molecule is Cc1ccc(OC(=O)CSC(C)(C)C)c(Br)c1. The van der Waals surface area contributed by atoms with E-state index in [4.69, 9.17) is 4.74 Å². The van der Waals surface area contributed by atoms with Crippen LogP contribution >= 0.6 is 27.7 Å². The summed E-state index contributed by atoms with van der Waals surface area (Å²) in [6, 6.07) is 5.66. The maximum absolute atomic E-state index is 11.6. The molecule has 0 aliphatic carbocycles. The molecule has 94 valence electrons. The van der Waals surface area contributed by atoms with Crippen molar-refractivity contribution in [2.75, 3.05) is 5.75 Å². The molecule has 1 aromatic rings. The number of halogens is 1. The first-order chi connectivity index (χ1) is 7.78. The van der Waals surface area contributed by atoms with Gasteiger partial charge in [-0.25, -0.2) is 0 Å². The summed E-state index contributed by atoms with van der Waals surface area (Å²) in [5, 5.41) is 0. The molecule has 0 radical (unpaired) electrons. The van der Waals surface area contributed by atoms with E-state index in [0.717, 1.165) is 10.0 Å². The summed E-state index contributed by atoms with van der Waals surface area (Å²) in [5.74, 6) is 0.730. The van der Waals surface area contributed by atoms with Crippen LogP contribution in [0.2, 0.25) is 0 Å². The second kappa shape index (κ2) is 5.91. The number of hydrogen-bond donors (Lipinski definition) is 0. The number of hydrogen-bond acceptors (Lipinski definition) is 3. The summed E-state index contributed by atoms with van der Waals surface area (Å²) in [4.78, 5) is 11.6. The van der Waals surface area contributed by atoms with E-state index in [1.165, 1.54) is 0 Å². The van der Waals surface area contributed by atoms with Crippen LogP contribution in [0.25, 0.3) is 0 Å². The minimum Gasteiger partial charge on any atom is -0.425 e. The van der Waals surface area contributed by atoms with E-state index < -0.39 is 0 Å². The fraction of sp³-hybridized carbons (Fsp3) is 0.462. The monoisotopic (exact) mass is 316 g/mol. The van der Waals surface area contributed by atoms with Crippen molar-refractivity contribution in [2.45, 2.75) is 32.4 Å². The molecule has 0 unspecified atom stereocenters. The van der Waals surface area contributed by atoms with Crippen molar-refractivity contribution < 1.29 is 9.53 Å². The normalized spacial score (nSPS) is 11.4. The Balaban J connectivity index is 2.57. The van der Waals surface area contributed by atoms with Gasteiger partial charge in [0.15, 0.2) is 0 Å². The lowest BCUT2D eigenvalue weighted by atomic mass is 10.2. The van der Waals surface area contributed by atoms with Crippen LogP contribution in [0.1, 0.15) is 26.3 Å². The van der Waals surface area contributed by atoms with Gasteiger partial charge in [-0.2, -0.15) is 0 Å². The van der Waals surface area contributed by atoms with Crippen molar-refractivity contribution in [3.8, 4) is 5.75 Å². The van der Waals surface area contributed by atoms with Gasteiger partial charge < -0.3 is 4.74 Å². The maximum Gasteiger partial charge on any atom is 0.321 e. The number of thioether (sulfide) groups is 1. The van der Waals surface area contributed by atoms with Crippen molar-refractivity contribution in [2.24, 2.45) is 0 Å². The van der Waals surface area contributed by atoms with E-state index in [0.29, 0.717) is 11.5 Å². The number of rotatable bonds is 3. The highest BCUT2D eigenvalue weighted by Gasteiger charge is 2.15. The minimum absolute atomic E-state index is 0.0729. The molecular formula is C13H17BrO2S. The zero-order chi connectivity index (χ0) is 13.1. The lowest BCUT2D eigenvalue weighted by Gasteiger charge is -2.16. The number of esters is 1. The second-order valence-corrected chi connectivity index (χ2v) is 7.47. The third kappa shape index (κ3) is 5.59. The Morgan fingerprint density at radius 2 is 2.06 bits per heavy atom. The topological polar surface area (TPSA) is 26.3 Å². The van der Waals surface area contributed by atoms with Crippen LogP contribution in [-0.4, -0.2) is 16.5 Å². The van der Waals surface area contributed by atoms with Gasteiger partial charge in [-0.1, -0.05) is 26.8 Å². The molecule has 0 aliphatic heterocycles. The van der Waals surface area contributed by atoms with E-state index in [2.05, 4.69) is 36.7 Å². The molecule has 4 heteroatoms. The van der Waals surface area contributed by atoms with Gasteiger partial charge in [0.05, 0.1) is 10.2 Å². The molecule has 1 rings (SSSR count). The quantitative estimate of drug-likeness (QED) is 0.617. The molecule has 0 aromatic heterocycles. The van der Waals surface area contributed by atoms with Crippen LogP contribution in [0, 0.1) is 6.92 Å². The molecule has 2 nitrogen and oxygen atoms in total. The third-order valence-corrected chi connectivity index (χ3v) is 3.80. The van der Waals surface area contributed by atoms with Crippen LogP contribution in [-0.2, 0) is 4.79 Å². The highest BCUT2D eigenvalue weighted by atomic mass is 79.9. The standard InChI is InChI=1S/C13H17BrO2S/c1-9-5-6-11(10(14)7-9)16-12(15)8-17-13(2,3)4/h5-7H,8H2,1-4H3. The summed E-state index contributed by atoms with van der Waals surface area (Å²) in [5.41, 5.74) is 1.13. The third-order valence-electron chi connectivity index (χ3n) is 1.93. The summed E-state index contributed by atoms with van der Waals surface area (Å²) in [7, 11) is 0. The van der Waals surface area contributed by atoms with Crippen LogP contribution in [0.4, 0.5) is 0 Å². The fourth-order valence-corrected chi connectivity index (χ4v) is 2.30. The fourth-order valence-electron chi connectivity index (χ4n) is 1.12. The molecule has 0 saturated carbocycles. The first-order valence-corrected chi connectivity index (χ1v) is 7.16. The Morgan fingerprint density at radius 3 is 2.59 bits per heavy atom. The molecule has 0 N–H and O–H groups in total. The van der Waals surface area contributed by atoms with Crippen molar-refractivity contribution in [1.29, 1.82) is 0 Å². The molecule has 1 aromatic carbocycles. The van der Waals surface area contributed by atoms with Crippen molar-refractivity contribution in [3.05, 3.63) is 28.2 Å². The largest absolute Gasteiger partial charge is 0.425 e. The summed E-state index contributed by atoms with van der Waals surface area (Å²) < 4.78 is 6.17. The molecule has 0 atom stereocenters. The lowest BCUT2D eigenvalue weighted by molar-refractivity contribution is -0.131. The zero-order valence-corrected chi connectivity index (χ0v) is 12.9. The van der Waals surface area contributed by atoms with E-state index in [1.807, 2.05) is 19.1 Å². The molecule has 0 spiro atoms. The highest BCUT2D eigenvalue weighted by molar-refractivity contribution is 9.10. The first-order valence-electron chi connectivity index (χ1n) is 5.39. The van der Waals surface area contributed by atoms with Gasteiger partial charge in [-0.15, -0.1) is 11.8 Å². The van der Waals surface area contributed by atoms with E-state index in [9.17, 15) is 4.79 Å². The van der Waals surface area contributed by atoms with E-state index in [1.54, 1.807) is 17.8 Å². The lowest BCUT2D eigenvalue weighted by Crippen LogP contribution is -2.17. The first kappa shape index (κ1) is 14.6. The van der Waals surface area contributed by atoms with Gasteiger partial charge in [-0.05, 0) is 40.5 Å². The van der Waals surface area contributed by atoms with Gasteiger partial charge in [0.1, 0.15) is 5.75 Å². The van der Waals surface area contributed by atoms with E-state index >= 15 is 0 Å². The maximum atomic E-state index is 11.6. The van der Waals surface area contributed by atoms with Crippen molar-refractivity contribution in [3.63, 3.8) is 0 Å². The zero-order valence-electron chi connectivity index (χ0n) is 10.5. The number of aryl methyl sites for hydroxylation is 1. The Morgan fingerprint density at radius 1 is 1.41 bits per heavy atom. The summed E-state index contributed by atoms with van der Waals surface area (Å²) >= 11 is 4.96. The highest BCUT2D eigenvalue weighted by Crippen LogP contribution is 2.27. The van der Waals surface area contributed by atoms with E-state index in [-0.39, 0.29) is 10.7 Å². The Hall–Kier alpha value is -0.480. The number of carbonyl (C=O) groups excluding carboxylic acids is 1. The molecule has 0 aliphatic rings. The van der Waals surface area contributed by atoms with Gasteiger partial charge >= 0.3 is 5.97 Å². The van der Waals surface area contributed by atoms with Crippen LogP contribution in [0.3, 0.4) is 0 Å². The molecular weight excluding hydrogens is 300 g/mol. The Kier molecular flexibility index (Phi) is 5.07. The second-order valence-electron chi connectivity index (χ2n) is 4.81. The molecule has 0 amide bonds.